The largest absolute Gasteiger partial charge is 0.462 e. The zero-order chi connectivity index (χ0) is 18.4. The summed E-state index contributed by atoms with van der Waals surface area (Å²) in [5.74, 6) is -2.80. The summed E-state index contributed by atoms with van der Waals surface area (Å²) in [4.78, 5) is 44.7. The maximum atomic E-state index is 11.3. The Balaban J connectivity index is 3.03. The van der Waals surface area contributed by atoms with Crippen molar-refractivity contribution in [2.45, 2.75) is 58.4 Å². The van der Waals surface area contributed by atoms with E-state index in [0.29, 0.717) is 0 Å². The van der Waals surface area contributed by atoms with E-state index >= 15 is 0 Å². The van der Waals surface area contributed by atoms with Crippen molar-refractivity contribution in [1.29, 1.82) is 0 Å². The first-order valence-electron chi connectivity index (χ1n) is 7.10. The minimum Gasteiger partial charge on any atom is -0.462 e. The first-order valence-corrected chi connectivity index (χ1v) is 7.10. The highest BCUT2D eigenvalue weighted by atomic mass is 16.7. The fourth-order valence-corrected chi connectivity index (χ4v) is 2.22. The third kappa shape index (κ3) is 5.78. The van der Waals surface area contributed by atoms with Crippen LogP contribution in [0.1, 0.15) is 27.7 Å². The number of ether oxygens (including phenoxy) is 5. The number of esters is 4. The lowest BCUT2D eigenvalue weighted by molar-refractivity contribution is -0.184. The maximum Gasteiger partial charge on any atom is 0.303 e. The first-order chi connectivity index (χ1) is 11.1. The molecule has 1 N–H and O–H groups in total. The van der Waals surface area contributed by atoms with Gasteiger partial charge in [0, 0.05) is 27.7 Å². The molecule has 1 aliphatic rings. The summed E-state index contributed by atoms with van der Waals surface area (Å²) in [6.07, 6.45) is -6.55. The second-order valence-corrected chi connectivity index (χ2v) is 5.09. The van der Waals surface area contributed by atoms with Gasteiger partial charge in [-0.2, -0.15) is 0 Å². The molecule has 24 heavy (non-hydrogen) atoms. The van der Waals surface area contributed by atoms with Crippen LogP contribution in [-0.4, -0.2) is 66.3 Å². The molecular formula is C14H20O10. The number of carbonyl (C=O) groups excluding carboxylic acids is 4. The van der Waals surface area contributed by atoms with Gasteiger partial charge in [-0.25, -0.2) is 0 Å². The second kappa shape index (κ2) is 8.60. The molecule has 0 bridgehead atoms. The van der Waals surface area contributed by atoms with Crippen molar-refractivity contribution in [3.05, 3.63) is 0 Å². The van der Waals surface area contributed by atoms with Gasteiger partial charge < -0.3 is 28.8 Å². The normalized spacial score (nSPS) is 27.0. The number of aliphatic hydroxyl groups is 1. The van der Waals surface area contributed by atoms with Gasteiger partial charge >= 0.3 is 23.9 Å². The predicted octanol–water partition coefficient (Wildman–Crippen LogP) is -0.938. The SMILES string of the molecule is CC(=O)OC[C@H](OC(C)=O)[C@@H]1O[C@@H](O)[C@@H](OC(C)=O)[C@H]1OC(C)=O. The average molecular weight is 348 g/mol. The van der Waals surface area contributed by atoms with Crippen LogP contribution in [0.15, 0.2) is 0 Å². The third-order valence-electron chi connectivity index (χ3n) is 2.96. The van der Waals surface area contributed by atoms with E-state index in [0.717, 1.165) is 27.7 Å². The topological polar surface area (TPSA) is 135 Å². The fraction of sp³-hybridized carbons (Fsp3) is 0.714. The lowest BCUT2D eigenvalue weighted by atomic mass is 10.1. The van der Waals surface area contributed by atoms with E-state index < -0.39 is 61.2 Å². The summed E-state index contributed by atoms with van der Waals surface area (Å²) in [6, 6.07) is 0. The zero-order valence-corrected chi connectivity index (χ0v) is 13.7. The molecule has 0 radical (unpaired) electrons. The predicted molar refractivity (Wildman–Crippen MR) is 74.2 cm³/mol. The van der Waals surface area contributed by atoms with E-state index in [1.807, 2.05) is 0 Å². The highest BCUT2D eigenvalue weighted by Crippen LogP contribution is 2.29. The van der Waals surface area contributed by atoms with Crippen LogP contribution in [0, 0.1) is 0 Å². The second-order valence-electron chi connectivity index (χ2n) is 5.09. The Morgan fingerprint density at radius 3 is 1.92 bits per heavy atom. The van der Waals surface area contributed by atoms with Crippen LogP contribution in [0.5, 0.6) is 0 Å². The Morgan fingerprint density at radius 2 is 1.46 bits per heavy atom. The van der Waals surface area contributed by atoms with Crippen LogP contribution in [0.2, 0.25) is 0 Å². The molecule has 10 heteroatoms. The molecule has 1 rings (SSSR count). The van der Waals surface area contributed by atoms with E-state index in [-0.39, 0.29) is 0 Å². The fourth-order valence-electron chi connectivity index (χ4n) is 2.22. The monoisotopic (exact) mass is 348 g/mol. The Labute approximate surface area is 137 Å². The molecule has 0 aromatic rings. The minimum absolute atomic E-state index is 0.392. The van der Waals surface area contributed by atoms with Gasteiger partial charge in [0.25, 0.3) is 0 Å². The number of rotatable bonds is 6. The van der Waals surface area contributed by atoms with Gasteiger partial charge in [0.1, 0.15) is 12.7 Å². The number of aliphatic hydroxyl groups excluding tert-OH is 1. The van der Waals surface area contributed by atoms with E-state index in [9.17, 15) is 24.3 Å². The Bertz CT molecular complexity index is 502. The highest BCUT2D eigenvalue weighted by molar-refractivity contribution is 5.68. The molecular weight excluding hydrogens is 328 g/mol. The smallest absolute Gasteiger partial charge is 0.303 e. The summed E-state index contributed by atoms with van der Waals surface area (Å²) < 4.78 is 25.0. The molecule has 10 nitrogen and oxygen atoms in total. The lowest BCUT2D eigenvalue weighted by Gasteiger charge is -2.27. The van der Waals surface area contributed by atoms with Gasteiger partial charge in [-0.3, -0.25) is 19.2 Å². The van der Waals surface area contributed by atoms with E-state index in [4.69, 9.17) is 23.7 Å². The number of hydrogen-bond donors (Lipinski definition) is 1. The van der Waals surface area contributed by atoms with Gasteiger partial charge in [-0.05, 0) is 0 Å². The van der Waals surface area contributed by atoms with Crippen LogP contribution in [-0.2, 0) is 42.9 Å². The van der Waals surface area contributed by atoms with Gasteiger partial charge in [-0.1, -0.05) is 0 Å². The number of hydrogen-bond acceptors (Lipinski definition) is 10. The van der Waals surface area contributed by atoms with Gasteiger partial charge in [0.2, 0.25) is 0 Å². The van der Waals surface area contributed by atoms with Crippen molar-refractivity contribution in [3.8, 4) is 0 Å². The Hall–Kier alpha value is -2.20. The van der Waals surface area contributed by atoms with Crippen LogP contribution in [0.25, 0.3) is 0 Å². The van der Waals surface area contributed by atoms with Crippen molar-refractivity contribution in [1.82, 2.24) is 0 Å². The molecule has 0 aromatic carbocycles. The third-order valence-corrected chi connectivity index (χ3v) is 2.96. The van der Waals surface area contributed by atoms with E-state index in [1.54, 1.807) is 0 Å². The molecule has 0 unspecified atom stereocenters. The van der Waals surface area contributed by atoms with Crippen LogP contribution in [0.3, 0.4) is 0 Å². The summed E-state index contributed by atoms with van der Waals surface area (Å²) in [6.45, 7) is 4.10. The molecule has 0 aliphatic carbocycles. The molecule has 1 fully saturated rings. The maximum absolute atomic E-state index is 11.3. The van der Waals surface area contributed by atoms with Crippen molar-refractivity contribution < 1.29 is 48.0 Å². The van der Waals surface area contributed by atoms with Crippen LogP contribution >= 0.6 is 0 Å². The van der Waals surface area contributed by atoms with Crippen molar-refractivity contribution >= 4 is 23.9 Å². The summed E-state index contributed by atoms with van der Waals surface area (Å²) >= 11 is 0. The average Bonchev–Trinajstić information content (AvgIpc) is 2.70. The molecule has 0 amide bonds. The Kier molecular flexibility index (Phi) is 7.11. The zero-order valence-electron chi connectivity index (χ0n) is 13.7. The summed E-state index contributed by atoms with van der Waals surface area (Å²) in [7, 11) is 0. The van der Waals surface area contributed by atoms with E-state index in [1.165, 1.54) is 0 Å². The molecule has 1 heterocycles. The van der Waals surface area contributed by atoms with Gasteiger partial charge in [0.15, 0.2) is 24.6 Å². The standard InChI is InChI=1S/C14H20O10/c1-6(15)20-5-10(21-7(2)16)11-12(22-8(3)17)13(14(19)24-11)23-9(4)18/h10-14,19H,5H2,1-4H3/t10-,11-,12-,13-,14+/m0/s1. The van der Waals surface area contributed by atoms with Crippen molar-refractivity contribution in [3.63, 3.8) is 0 Å². The van der Waals surface area contributed by atoms with E-state index in [2.05, 4.69) is 0 Å². The lowest BCUT2D eigenvalue weighted by Crippen LogP contribution is -2.46. The first kappa shape index (κ1) is 19.8. The molecule has 0 spiro atoms. The van der Waals surface area contributed by atoms with Crippen LogP contribution < -0.4 is 0 Å². The molecule has 0 saturated carbocycles. The molecule has 5 atom stereocenters. The Morgan fingerprint density at radius 1 is 0.917 bits per heavy atom. The van der Waals surface area contributed by atoms with Gasteiger partial charge in [-0.15, -0.1) is 0 Å². The highest BCUT2D eigenvalue weighted by Gasteiger charge is 2.52. The van der Waals surface area contributed by atoms with Crippen molar-refractivity contribution in [2.24, 2.45) is 0 Å². The number of carbonyl (C=O) groups is 4. The molecule has 1 saturated heterocycles. The molecule has 136 valence electrons. The van der Waals surface area contributed by atoms with Crippen molar-refractivity contribution in [2.75, 3.05) is 6.61 Å². The van der Waals surface area contributed by atoms with Crippen LogP contribution in [0.4, 0.5) is 0 Å². The van der Waals surface area contributed by atoms with Gasteiger partial charge in [0.05, 0.1) is 0 Å². The summed E-state index contributed by atoms with van der Waals surface area (Å²) in [5, 5.41) is 9.91. The quantitative estimate of drug-likeness (QED) is 0.473. The molecule has 0 aromatic heterocycles. The molecule has 1 aliphatic heterocycles. The summed E-state index contributed by atoms with van der Waals surface area (Å²) in [5.41, 5.74) is 0. The minimum atomic E-state index is -1.61.